The normalized spacial score (nSPS) is 9.11. The molecule has 19 heavy (non-hydrogen) atoms. The van der Waals surface area contributed by atoms with Crippen LogP contribution in [0.1, 0.15) is 33.4 Å². The minimum atomic E-state index is 0.599. The zero-order valence-corrected chi connectivity index (χ0v) is 13.0. The summed E-state index contributed by atoms with van der Waals surface area (Å²) in [6, 6.07) is 1.83. The maximum absolute atomic E-state index is 5.34. The molecular weight excluding hydrogens is 246 g/mol. The quantitative estimate of drug-likeness (QED) is 0.649. The summed E-state index contributed by atoms with van der Waals surface area (Å²) in [5.74, 6) is 0. The molecule has 0 N–H and O–H groups in total. The van der Waals surface area contributed by atoms with E-state index < -0.39 is 0 Å². The van der Waals surface area contributed by atoms with E-state index in [-0.39, 0.29) is 0 Å². The molecule has 0 aliphatic rings. The summed E-state index contributed by atoms with van der Waals surface area (Å²) in [6.07, 6.45) is 2.33. The lowest BCUT2D eigenvalue weighted by Crippen LogP contribution is -2.09. The van der Waals surface area contributed by atoms with E-state index in [1.165, 1.54) is 0 Å². The molecule has 0 aliphatic carbocycles. The van der Waals surface area contributed by atoms with Crippen molar-refractivity contribution >= 4 is 0 Å². The summed E-state index contributed by atoms with van der Waals surface area (Å²) in [4.78, 5) is 0. The topological polar surface area (TPSA) is 53.7 Å². The van der Waals surface area contributed by atoms with Crippen molar-refractivity contribution in [2.24, 2.45) is 0 Å². The van der Waals surface area contributed by atoms with E-state index >= 15 is 0 Å². The highest BCUT2D eigenvalue weighted by molar-refractivity contribution is 4.94. The highest BCUT2D eigenvalue weighted by Gasteiger charge is 1.96. The molecule has 1 aromatic heterocycles. The maximum atomic E-state index is 5.34. The molecule has 0 fully saturated rings. The smallest absolute Gasteiger partial charge is 0.124 e. The Labute approximate surface area is 117 Å². The van der Waals surface area contributed by atoms with Crippen molar-refractivity contribution in [2.75, 3.05) is 40.1 Å². The van der Waals surface area contributed by atoms with Gasteiger partial charge in [0, 0.05) is 19.6 Å². The lowest BCUT2D eigenvalue weighted by atomic mass is 10.3. The minimum Gasteiger partial charge on any atom is -0.382 e. The van der Waals surface area contributed by atoms with Gasteiger partial charge in [0.05, 0.1) is 38.7 Å². The average molecular weight is 275 g/mol. The van der Waals surface area contributed by atoms with E-state index in [0.29, 0.717) is 33.0 Å². The fraction of sp³-hybridized carbons (Fsp3) is 0.786. The Morgan fingerprint density at radius 1 is 0.947 bits per heavy atom. The standard InChI is InChI=1S/C10H17NO4.2C2H6/c1-12-6-7-14-9-8-13-4-2-10-3-5-15-11-10;2*1-2/h3,5H,2,4,6-9H2,1H3;2*1-2H3. The first-order chi connectivity index (χ1) is 9.43. The minimum absolute atomic E-state index is 0.599. The van der Waals surface area contributed by atoms with Crippen LogP contribution in [0, 0.1) is 0 Å². The molecule has 5 nitrogen and oxygen atoms in total. The summed E-state index contributed by atoms with van der Waals surface area (Å²) in [7, 11) is 1.65. The summed E-state index contributed by atoms with van der Waals surface area (Å²) >= 11 is 0. The number of methoxy groups -OCH3 is 1. The molecular formula is C14H29NO4. The molecule has 0 aromatic carbocycles. The molecule has 1 aromatic rings. The predicted octanol–water partition coefficient (Wildman–Crippen LogP) is 2.95. The van der Waals surface area contributed by atoms with Gasteiger partial charge < -0.3 is 18.7 Å². The van der Waals surface area contributed by atoms with Crippen LogP contribution >= 0.6 is 0 Å². The van der Waals surface area contributed by atoms with Crippen molar-refractivity contribution in [1.82, 2.24) is 5.16 Å². The zero-order chi connectivity index (χ0) is 14.8. The predicted molar refractivity (Wildman–Crippen MR) is 76.4 cm³/mol. The third kappa shape index (κ3) is 15.0. The van der Waals surface area contributed by atoms with Crippen molar-refractivity contribution in [3.05, 3.63) is 18.0 Å². The first-order valence-corrected chi connectivity index (χ1v) is 6.97. The molecule has 0 unspecified atom stereocenters. The molecule has 0 aliphatic heterocycles. The first kappa shape index (κ1) is 20.4. The Bertz CT molecular complexity index is 227. The van der Waals surface area contributed by atoms with Crippen molar-refractivity contribution in [3.8, 4) is 0 Å². The van der Waals surface area contributed by atoms with Gasteiger partial charge in [-0.2, -0.15) is 0 Å². The summed E-state index contributed by atoms with van der Waals surface area (Å²) in [6.45, 7) is 11.1. The fourth-order valence-corrected chi connectivity index (χ4v) is 1.01. The number of hydrogen-bond acceptors (Lipinski definition) is 5. The summed E-state index contributed by atoms with van der Waals surface area (Å²) < 4.78 is 20.1. The molecule has 1 rings (SSSR count). The number of nitrogens with zero attached hydrogens (tertiary/aromatic N) is 1. The Hall–Kier alpha value is -0.910. The second kappa shape index (κ2) is 19.4. The van der Waals surface area contributed by atoms with Crippen molar-refractivity contribution in [1.29, 1.82) is 0 Å². The zero-order valence-electron chi connectivity index (χ0n) is 13.0. The van der Waals surface area contributed by atoms with Crippen LogP contribution in [-0.4, -0.2) is 45.3 Å². The maximum Gasteiger partial charge on any atom is 0.124 e. The molecule has 5 heteroatoms. The van der Waals surface area contributed by atoms with Gasteiger partial charge in [-0.15, -0.1) is 0 Å². The summed E-state index contributed by atoms with van der Waals surface area (Å²) in [5, 5.41) is 3.77. The molecule has 0 atom stereocenters. The molecule has 0 spiro atoms. The van der Waals surface area contributed by atoms with E-state index in [9.17, 15) is 0 Å². The highest BCUT2D eigenvalue weighted by Crippen LogP contribution is 1.95. The van der Waals surface area contributed by atoms with Gasteiger partial charge in [0.25, 0.3) is 0 Å². The number of aromatic nitrogens is 1. The Morgan fingerprint density at radius 3 is 2.05 bits per heavy atom. The second-order valence-electron chi connectivity index (χ2n) is 2.96. The van der Waals surface area contributed by atoms with Gasteiger partial charge in [0.2, 0.25) is 0 Å². The largest absolute Gasteiger partial charge is 0.382 e. The van der Waals surface area contributed by atoms with E-state index in [1.807, 2.05) is 33.8 Å². The van der Waals surface area contributed by atoms with Crippen LogP contribution < -0.4 is 0 Å². The lowest BCUT2D eigenvalue weighted by molar-refractivity contribution is 0.0253. The van der Waals surface area contributed by atoms with Crippen molar-refractivity contribution in [3.63, 3.8) is 0 Å². The molecule has 0 saturated carbocycles. The number of ether oxygens (including phenoxy) is 3. The van der Waals surface area contributed by atoms with Crippen LogP contribution in [0.5, 0.6) is 0 Å². The van der Waals surface area contributed by atoms with E-state index in [2.05, 4.69) is 5.16 Å². The Morgan fingerprint density at radius 2 is 1.53 bits per heavy atom. The van der Waals surface area contributed by atoms with E-state index in [1.54, 1.807) is 13.4 Å². The van der Waals surface area contributed by atoms with Gasteiger partial charge in [-0.05, 0) is 0 Å². The third-order valence-corrected chi connectivity index (χ3v) is 1.80. The van der Waals surface area contributed by atoms with Gasteiger partial charge >= 0.3 is 0 Å². The average Bonchev–Trinajstić information content (AvgIpc) is 2.99. The second-order valence-corrected chi connectivity index (χ2v) is 2.96. The lowest BCUT2D eigenvalue weighted by Gasteiger charge is -2.04. The monoisotopic (exact) mass is 275 g/mol. The molecule has 0 amide bonds. The Kier molecular flexibility index (Phi) is 20.9. The Balaban J connectivity index is 0. The van der Waals surface area contributed by atoms with Crippen molar-refractivity contribution in [2.45, 2.75) is 34.1 Å². The van der Waals surface area contributed by atoms with Crippen LogP contribution in [0.15, 0.2) is 16.9 Å². The van der Waals surface area contributed by atoms with Crippen LogP contribution in [0.4, 0.5) is 0 Å². The van der Waals surface area contributed by atoms with E-state index in [0.717, 1.165) is 12.1 Å². The van der Waals surface area contributed by atoms with Gasteiger partial charge in [0.15, 0.2) is 0 Å². The molecule has 114 valence electrons. The van der Waals surface area contributed by atoms with Crippen LogP contribution in [0.2, 0.25) is 0 Å². The van der Waals surface area contributed by atoms with Gasteiger partial charge in [-0.3, -0.25) is 0 Å². The third-order valence-electron chi connectivity index (χ3n) is 1.80. The van der Waals surface area contributed by atoms with Gasteiger partial charge in [-0.25, -0.2) is 0 Å². The van der Waals surface area contributed by atoms with Gasteiger partial charge in [0.1, 0.15) is 6.26 Å². The molecule has 1 heterocycles. The van der Waals surface area contributed by atoms with E-state index in [4.69, 9.17) is 18.7 Å². The number of rotatable bonds is 9. The molecule has 0 radical (unpaired) electrons. The van der Waals surface area contributed by atoms with Gasteiger partial charge in [-0.1, -0.05) is 32.9 Å². The highest BCUT2D eigenvalue weighted by atomic mass is 16.5. The first-order valence-electron chi connectivity index (χ1n) is 6.97. The van der Waals surface area contributed by atoms with Crippen LogP contribution in [-0.2, 0) is 20.6 Å². The fourth-order valence-electron chi connectivity index (χ4n) is 1.01. The SMILES string of the molecule is CC.CC.COCCOCCOCCc1ccon1. The molecule has 0 bridgehead atoms. The van der Waals surface area contributed by atoms with Crippen molar-refractivity contribution < 1.29 is 18.7 Å². The summed E-state index contributed by atoms with van der Waals surface area (Å²) in [5.41, 5.74) is 0.912. The van der Waals surface area contributed by atoms with Crippen LogP contribution in [0.3, 0.4) is 0 Å². The molecule has 0 saturated heterocycles. The van der Waals surface area contributed by atoms with Crippen LogP contribution in [0.25, 0.3) is 0 Å². The number of hydrogen-bond donors (Lipinski definition) is 0.